The fourth-order valence-corrected chi connectivity index (χ4v) is 4.46. The van der Waals surface area contributed by atoms with Crippen LogP contribution in [0.4, 0.5) is 0 Å². The van der Waals surface area contributed by atoms with Crippen molar-refractivity contribution in [2.24, 2.45) is 23.7 Å². The van der Waals surface area contributed by atoms with Crippen LogP contribution in [-0.2, 0) is 29.1 Å². The van der Waals surface area contributed by atoms with Crippen molar-refractivity contribution in [3.63, 3.8) is 0 Å². The van der Waals surface area contributed by atoms with Gasteiger partial charge in [-0.2, -0.15) is 0 Å². The van der Waals surface area contributed by atoms with Gasteiger partial charge in [0, 0.05) is 23.8 Å². The monoisotopic (exact) mass is 402 g/mol. The third-order valence-electron chi connectivity index (χ3n) is 5.92. The Morgan fingerprint density at radius 1 is 0.720 bits per heavy atom. The molecule has 2 unspecified atom stereocenters. The van der Waals surface area contributed by atoms with Crippen LogP contribution in [-0.4, -0.2) is 11.9 Å². The quantitative estimate of drug-likeness (QED) is 0.638. The van der Waals surface area contributed by atoms with Gasteiger partial charge in [-0.3, -0.25) is 0 Å². The third kappa shape index (κ3) is 8.66. The molecule has 2 aliphatic carbocycles. The van der Waals surface area contributed by atoms with E-state index in [9.17, 15) is 19.8 Å². The number of aliphatic carboxylic acids is 2. The summed E-state index contributed by atoms with van der Waals surface area (Å²) in [6, 6.07) is 0. The standard InChI is InChI=1S/2C10H18O2.Zn/c2*1-2-9(10(11)12)8-6-4-3-5-7-8;/h2*8-9H,2-7H2,1H3,(H,11,12);/q;;+2/p-2. The van der Waals surface area contributed by atoms with E-state index in [1.807, 2.05) is 13.8 Å². The topological polar surface area (TPSA) is 80.3 Å². The average molecular weight is 404 g/mol. The van der Waals surface area contributed by atoms with Gasteiger partial charge in [0.2, 0.25) is 0 Å². The Balaban J connectivity index is 0.000000443. The minimum Gasteiger partial charge on any atom is -0.550 e. The van der Waals surface area contributed by atoms with Crippen LogP contribution in [0.15, 0.2) is 0 Å². The molecular weight excluding hydrogens is 370 g/mol. The fraction of sp³-hybridized carbons (Fsp3) is 0.900. The SMILES string of the molecule is CCC(C(=O)[O-])C1CCCCC1.CCC(C(=O)[O-])C1CCCCC1.[Zn+2]. The van der Waals surface area contributed by atoms with Gasteiger partial charge in [0.05, 0.1) is 0 Å². The second kappa shape index (κ2) is 13.7. The fourth-order valence-electron chi connectivity index (χ4n) is 4.46. The van der Waals surface area contributed by atoms with Crippen molar-refractivity contribution in [3.05, 3.63) is 0 Å². The minimum absolute atomic E-state index is 0. The number of carbonyl (C=O) groups excluding carboxylic acids is 2. The van der Waals surface area contributed by atoms with E-state index in [1.54, 1.807) is 0 Å². The van der Waals surface area contributed by atoms with Gasteiger partial charge in [0.15, 0.2) is 0 Å². The van der Waals surface area contributed by atoms with E-state index in [-0.39, 0.29) is 31.3 Å². The van der Waals surface area contributed by atoms with E-state index in [4.69, 9.17) is 0 Å². The molecule has 0 N–H and O–H groups in total. The van der Waals surface area contributed by atoms with Crippen LogP contribution in [0, 0.1) is 23.7 Å². The Kier molecular flexibility index (Phi) is 13.5. The molecule has 2 atom stereocenters. The van der Waals surface area contributed by atoms with Gasteiger partial charge in [-0.25, -0.2) is 0 Å². The summed E-state index contributed by atoms with van der Waals surface area (Å²) in [5.74, 6) is -1.27. The van der Waals surface area contributed by atoms with Crippen molar-refractivity contribution < 1.29 is 39.3 Å². The Morgan fingerprint density at radius 3 is 1.20 bits per heavy atom. The maximum atomic E-state index is 10.7. The first kappa shape index (κ1) is 24.6. The molecule has 0 aromatic heterocycles. The molecule has 0 aliphatic heterocycles. The smallest absolute Gasteiger partial charge is 0.550 e. The van der Waals surface area contributed by atoms with Gasteiger partial charge < -0.3 is 19.8 Å². The van der Waals surface area contributed by atoms with Gasteiger partial charge in [-0.15, -0.1) is 0 Å². The molecule has 0 aromatic carbocycles. The normalized spacial score (nSPS) is 21.2. The first-order valence-corrected chi connectivity index (χ1v) is 9.92. The number of carboxylic acids is 2. The van der Waals surface area contributed by atoms with Gasteiger partial charge in [-0.1, -0.05) is 52.4 Å². The molecule has 0 radical (unpaired) electrons. The zero-order chi connectivity index (χ0) is 17.9. The van der Waals surface area contributed by atoms with Crippen LogP contribution in [0.5, 0.6) is 0 Å². The summed E-state index contributed by atoms with van der Waals surface area (Å²) in [5.41, 5.74) is 0. The molecule has 0 amide bonds. The summed E-state index contributed by atoms with van der Waals surface area (Å²) in [7, 11) is 0. The molecule has 0 spiro atoms. The van der Waals surface area contributed by atoms with E-state index in [2.05, 4.69) is 0 Å². The molecule has 140 valence electrons. The van der Waals surface area contributed by atoms with Crippen LogP contribution >= 0.6 is 0 Å². The Labute approximate surface area is 165 Å². The predicted octanol–water partition coefficient (Wildman–Crippen LogP) is 2.68. The van der Waals surface area contributed by atoms with Crippen molar-refractivity contribution in [1.82, 2.24) is 0 Å². The largest absolute Gasteiger partial charge is 2.00 e. The number of hydrogen-bond acceptors (Lipinski definition) is 4. The van der Waals surface area contributed by atoms with E-state index < -0.39 is 11.9 Å². The summed E-state index contributed by atoms with van der Waals surface area (Å²) in [5, 5.41) is 21.4. The summed E-state index contributed by atoms with van der Waals surface area (Å²) >= 11 is 0. The molecule has 2 aliphatic rings. The summed E-state index contributed by atoms with van der Waals surface area (Å²) in [6.45, 7) is 3.88. The zero-order valence-electron chi connectivity index (χ0n) is 16.1. The first-order chi connectivity index (χ1) is 11.5. The van der Waals surface area contributed by atoms with Crippen molar-refractivity contribution in [2.75, 3.05) is 0 Å². The number of carbonyl (C=O) groups is 2. The van der Waals surface area contributed by atoms with Gasteiger partial charge in [0.25, 0.3) is 0 Å². The molecule has 0 bridgehead atoms. The van der Waals surface area contributed by atoms with Crippen molar-refractivity contribution >= 4 is 11.9 Å². The molecular formula is C20H34O4Zn. The molecule has 0 saturated heterocycles. The molecule has 2 fully saturated rings. The molecule has 2 rings (SSSR count). The van der Waals surface area contributed by atoms with E-state index >= 15 is 0 Å². The van der Waals surface area contributed by atoms with Crippen molar-refractivity contribution in [2.45, 2.75) is 90.9 Å². The Morgan fingerprint density at radius 2 is 1.00 bits per heavy atom. The average Bonchev–Trinajstić information content (AvgIpc) is 2.58. The van der Waals surface area contributed by atoms with Crippen LogP contribution in [0.3, 0.4) is 0 Å². The molecule has 0 heterocycles. The van der Waals surface area contributed by atoms with Gasteiger partial charge in [-0.05, 0) is 50.4 Å². The molecule has 4 nitrogen and oxygen atoms in total. The summed E-state index contributed by atoms with van der Waals surface area (Å²) < 4.78 is 0. The maximum absolute atomic E-state index is 10.7. The van der Waals surface area contributed by atoms with Gasteiger partial charge in [0.1, 0.15) is 0 Å². The molecule has 5 heteroatoms. The Hall–Kier alpha value is -0.437. The molecule has 0 aromatic rings. The van der Waals surface area contributed by atoms with Crippen molar-refractivity contribution in [1.29, 1.82) is 0 Å². The van der Waals surface area contributed by atoms with Crippen molar-refractivity contribution in [3.8, 4) is 0 Å². The summed E-state index contributed by atoms with van der Waals surface area (Å²) in [6.07, 6.45) is 13.2. The second-order valence-corrected chi connectivity index (χ2v) is 7.46. The third-order valence-corrected chi connectivity index (χ3v) is 5.92. The first-order valence-electron chi connectivity index (χ1n) is 9.92. The van der Waals surface area contributed by atoms with Crippen LogP contribution in [0.2, 0.25) is 0 Å². The van der Waals surface area contributed by atoms with Crippen LogP contribution in [0.1, 0.15) is 90.9 Å². The second-order valence-electron chi connectivity index (χ2n) is 7.46. The maximum Gasteiger partial charge on any atom is 2.00 e. The van der Waals surface area contributed by atoms with Crippen LogP contribution < -0.4 is 10.2 Å². The van der Waals surface area contributed by atoms with Crippen LogP contribution in [0.25, 0.3) is 0 Å². The zero-order valence-corrected chi connectivity index (χ0v) is 19.1. The number of rotatable bonds is 6. The number of carboxylic acid groups (broad SMARTS) is 2. The van der Waals surface area contributed by atoms with E-state index in [0.29, 0.717) is 11.8 Å². The molecule has 2 saturated carbocycles. The predicted molar refractivity (Wildman–Crippen MR) is 90.7 cm³/mol. The molecule has 25 heavy (non-hydrogen) atoms. The Bertz CT molecular complexity index is 338. The minimum atomic E-state index is -0.843. The van der Waals surface area contributed by atoms with Gasteiger partial charge >= 0.3 is 19.5 Å². The van der Waals surface area contributed by atoms with E-state index in [1.165, 1.54) is 38.5 Å². The summed E-state index contributed by atoms with van der Waals surface area (Å²) in [4.78, 5) is 21.4. The number of hydrogen-bond donors (Lipinski definition) is 0. The van der Waals surface area contributed by atoms with E-state index in [0.717, 1.165) is 38.5 Å².